The van der Waals surface area contributed by atoms with Crippen molar-refractivity contribution in [1.29, 1.82) is 0 Å². The smallest absolute Gasteiger partial charge is 0.244 e. The van der Waals surface area contributed by atoms with Gasteiger partial charge in [0.25, 0.3) is 0 Å². The number of nitrogens with one attached hydrogen (secondary N) is 1. The molecule has 21 heavy (non-hydrogen) atoms. The molecule has 0 aliphatic carbocycles. The van der Waals surface area contributed by atoms with E-state index in [4.69, 9.17) is 4.74 Å². The van der Waals surface area contributed by atoms with Crippen LogP contribution in [-0.2, 0) is 9.53 Å². The molecule has 5 nitrogen and oxygen atoms in total. The van der Waals surface area contributed by atoms with Crippen LogP contribution in [0, 0.1) is 0 Å². The van der Waals surface area contributed by atoms with Gasteiger partial charge >= 0.3 is 0 Å². The molecule has 2 rings (SSSR count). The van der Waals surface area contributed by atoms with E-state index in [-0.39, 0.29) is 12.5 Å². The van der Waals surface area contributed by atoms with E-state index in [9.17, 15) is 9.90 Å². The Balaban J connectivity index is 1.67. The number of benzene rings is 1. The normalized spacial score (nSPS) is 17.8. The summed E-state index contributed by atoms with van der Waals surface area (Å²) in [4.78, 5) is 13.8. The molecule has 1 saturated heterocycles. The summed E-state index contributed by atoms with van der Waals surface area (Å²) in [6.07, 6.45) is 2.68. The summed E-state index contributed by atoms with van der Waals surface area (Å²) >= 11 is 0. The van der Waals surface area contributed by atoms with Gasteiger partial charge in [0.1, 0.15) is 0 Å². The predicted octanol–water partition coefficient (Wildman–Crippen LogP) is 0.509. The number of hydrogen-bond donors (Lipinski definition) is 2. The van der Waals surface area contributed by atoms with Gasteiger partial charge in [0.15, 0.2) is 0 Å². The van der Waals surface area contributed by atoms with E-state index in [1.54, 1.807) is 6.08 Å². The van der Waals surface area contributed by atoms with Gasteiger partial charge in [0, 0.05) is 32.3 Å². The lowest BCUT2D eigenvalue weighted by Gasteiger charge is -2.28. The van der Waals surface area contributed by atoms with Crippen LogP contribution in [0.2, 0.25) is 0 Å². The van der Waals surface area contributed by atoms with Crippen molar-refractivity contribution in [3.05, 3.63) is 42.0 Å². The van der Waals surface area contributed by atoms with Crippen LogP contribution in [0.5, 0.6) is 0 Å². The fourth-order valence-electron chi connectivity index (χ4n) is 2.16. The van der Waals surface area contributed by atoms with E-state index in [1.807, 2.05) is 30.3 Å². The molecule has 1 unspecified atom stereocenters. The van der Waals surface area contributed by atoms with Crippen molar-refractivity contribution in [2.24, 2.45) is 0 Å². The number of nitrogens with zero attached hydrogens (tertiary/aromatic N) is 1. The number of aliphatic hydroxyl groups is 1. The third-order valence-corrected chi connectivity index (χ3v) is 3.31. The Kier molecular flexibility index (Phi) is 6.40. The van der Waals surface area contributed by atoms with Crippen molar-refractivity contribution >= 4 is 12.0 Å². The van der Waals surface area contributed by atoms with Crippen molar-refractivity contribution in [3.63, 3.8) is 0 Å². The van der Waals surface area contributed by atoms with Crippen molar-refractivity contribution in [3.8, 4) is 0 Å². The van der Waals surface area contributed by atoms with Crippen LogP contribution in [0.3, 0.4) is 0 Å². The molecule has 5 heteroatoms. The monoisotopic (exact) mass is 290 g/mol. The molecular weight excluding hydrogens is 268 g/mol. The van der Waals surface area contributed by atoms with Gasteiger partial charge in [-0.2, -0.15) is 0 Å². The summed E-state index contributed by atoms with van der Waals surface area (Å²) in [6, 6.07) is 9.63. The SMILES string of the molecule is O=C(C=Cc1ccccc1)NCC(O)CN1CCOCC1. The molecule has 114 valence electrons. The minimum absolute atomic E-state index is 0.195. The molecule has 1 fully saturated rings. The molecule has 1 aliphatic heterocycles. The second-order valence-electron chi connectivity index (χ2n) is 5.06. The molecule has 1 heterocycles. The van der Waals surface area contributed by atoms with E-state index in [0.717, 1.165) is 18.7 Å². The second-order valence-corrected chi connectivity index (χ2v) is 5.06. The Hall–Kier alpha value is -1.69. The number of ether oxygens (including phenoxy) is 1. The number of rotatable bonds is 6. The quantitative estimate of drug-likeness (QED) is 0.749. The van der Waals surface area contributed by atoms with E-state index >= 15 is 0 Å². The molecule has 0 aromatic heterocycles. The Morgan fingerprint density at radius 1 is 1.33 bits per heavy atom. The molecule has 0 radical (unpaired) electrons. The number of hydrogen-bond acceptors (Lipinski definition) is 4. The highest BCUT2D eigenvalue weighted by Gasteiger charge is 2.14. The van der Waals surface area contributed by atoms with E-state index in [0.29, 0.717) is 19.8 Å². The summed E-state index contributed by atoms with van der Waals surface area (Å²) in [6.45, 7) is 3.90. The summed E-state index contributed by atoms with van der Waals surface area (Å²) in [5, 5.41) is 12.6. The largest absolute Gasteiger partial charge is 0.390 e. The summed E-state index contributed by atoms with van der Waals surface area (Å²) in [5.41, 5.74) is 0.974. The zero-order valence-electron chi connectivity index (χ0n) is 12.1. The standard InChI is InChI=1S/C16H22N2O3/c19-15(13-18-8-10-21-11-9-18)12-17-16(20)7-6-14-4-2-1-3-5-14/h1-7,15,19H,8-13H2,(H,17,20). The molecule has 0 saturated carbocycles. The number of amides is 1. The first kappa shape index (κ1) is 15.7. The molecule has 0 spiro atoms. The average Bonchev–Trinajstić information content (AvgIpc) is 2.53. The maximum absolute atomic E-state index is 11.7. The topological polar surface area (TPSA) is 61.8 Å². The first-order valence-corrected chi connectivity index (χ1v) is 7.23. The van der Waals surface area contributed by atoms with Crippen LogP contribution in [0.1, 0.15) is 5.56 Å². The lowest BCUT2D eigenvalue weighted by Crippen LogP contribution is -2.44. The number of β-amino-alcohol motifs (C(OH)–C–C–N with tert-alkyl or cyclic N) is 1. The van der Waals surface area contributed by atoms with Gasteiger partial charge < -0.3 is 15.2 Å². The minimum atomic E-state index is -0.558. The van der Waals surface area contributed by atoms with Gasteiger partial charge in [0.05, 0.1) is 19.3 Å². The molecule has 1 aromatic rings. The molecule has 1 amide bonds. The maximum atomic E-state index is 11.7. The van der Waals surface area contributed by atoms with Gasteiger partial charge in [-0.05, 0) is 11.6 Å². The van der Waals surface area contributed by atoms with Crippen molar-refractivity contribution in [2.75, 3.05) is 39.4 Å². The van der Waals surface area contributed by atoms with Gasteiger partial charge in [-0.1, -0.05) is 30.3 Å². The number of morpholine rings is 1. The third-order valence-electron chi connectivity index (χ3n) is 3.31. The molecular formula is C16H22N2O3. The first-order chi connectivity index (χ1) is 10.2. The minimum Gasteiger partial charge on any atom is -0.390 e. The third kappa shape index (κ3) is 6.08. The highest BCUT2D eigenvalue weighted by atomic mass is 16.5. The van der Waals surface area contributed by atoms with E-state index in [2.05, 4.69) is 10.2 Å². The van der Waals surface area contributed by atoms with Crippen LogP contribution in [0.25, 0.3) is 6.08 Å². The Labute approximate surface area is 125 Å². The maximum Gasteiger partial charge on any atom is 0.244 e. The molecule has 1 atom stereocenters. The van der Waals surface area contributed by atoms with E-state index < -0.39 is 6.10 Å². The van der Waals surface area contributed by atoms with E-state index in [1.165, 1.54) is 6.08 Å². The molecule has 1 aliphatic rings. The zero-order chi connectivity index (χ0) is 14.9. The highest BCUT2D eigenvalue weighted by molar-refractivity contribution is 5.91. The first-order valence-electron chi connectivity index (χ1n) is 7.23. The Morgan fingerprint density at radius 2 is 2.05 bits per heavy atom. The van der Waals surface area contributed by atoms with Crippen LogP contribution in [0.4, 0.5) is 0 Å². The molecule has 2 N–H and O–H groups in total. The van der Waals surface area contributed by atoms with Crippen LogP contribution < -0.4 is 5.32 Å². The second kappa shape index (κ2) is 8.56. The summed E-state index contributed by atoms with van der Waals surface area (Å²) in [5.74, 6) is -0.195. The zero-order valence-corrected chi connectivity index (χ0v) is 12.1. The van der Waals surface area contributed by atoms with Crippen molar-refractivity contribution in [2.45, 2.75) is 6.10 Å². The van der Waals surface area contributed by atoms with Crippen molar-refractivity contribution < 1.29 is 14.6 Å². The van der Waals surface area contributed by atoms with Gasteiger partial charge in [-0.15, -0.1) is 0 Å². The van der Waals surface area contributed by atoms with Crippen LogP contribution in [0.15, 0.2) is 36.4 Å². The number of aliphatic hydroxyl groups excluding tert-OH is 1. The van der Waals surface area contributed by atoms with Gasteiger partial charge in [-0.25, -0.2) is 0 Å². The lowest BCUT2D eigenvalue weighted by atomic mass is 10.2. The predicted molar refractivity (Wildman–Crippen MR) is 81.8 cm³/mol. The number of carbonyl (C=O) groups excluding carboxylic acids is 1. The van der Waals surface area contributed by atoms with Crippen LogP contribution in [-0.4, -0.2) is 61.4 Å². The fourth-order valence-corrected chi connectivity index (χ4v) is 2.16. The van der Waals surface area contributed by atoms with Crippen molar-refractivity contribution in [1.82, 2.24) is 10.2 Å². The highest BCUT2D eigenvalue weighted by Crippen LogP contribution is 2.01. The molecule has 0 bridgehead atoms. The number of carbonyl (C=O) groups is 1. The molecule has 1 aromatic carbocycles. The summed E-state index contributed by atoms with van der Waals surface area (Å²) < 4.78 is 5.25. The van der Waals surface area contributed by atoms with Gasteiger partial charge in [0.2, 0.25) is 5.91 Å². The lowest BCUT2D eigenvalue weighted by molar-refractivity contribution is -0.117. The van der Waals surface area contributed by atoms with Gasteiger partial charge in [-0.3, -0.25) is 9.69 Å². The average molecular weight is 290 g/mol. The Morgan fingerprint density at radius 3 is 2.76 bits per heavy atom. The summed E-state index contributed by atoms with van der Waals surface area (Å²) in [7, 11) is 0. The fraction of sp³-hybridized carbons (Fsp3) is 0.438. The Bertz CT molecular complexity index is 456. The van der Waals surface area contributed by atoms with Crippen LogP contribution >= 0.6 is 0 Å².